The molecule has 5 nitrogen and oxygen atoms in total. The van der Waals surface area contributed by atoms with Crippen LogP contribution < -0.4 is 4.74 Å². The number of piperidine rings is 1. The number of benzene rings is 1. The Hall–Kier alpha value is -0.630. The first kappa shape index (κ1) is 15.8. The fourth-order valence-corrected chi connectivity index (χ4v) is 4.33. The summed E-state index contributed by atoms with van der Waals surface area (Å²) in [7, 11) is -1.99. The summed E-state index contributed by atoms with van der Waals surface area (Å²) in [5, 5.41) is 9.90. The largest absolute Gasteiger partial charge is 0.496 e. The van der Waals surface area contributed by atoms with E-state index in [0.717, 1.165) is 0 Å². The van der Waals surface area contributed by atoms with Crippen molar-refractivity contribution < 1.29 is 18.3 Å². The van der Waals surface area contributed by atoms with Crippen LogP contribution in [0, 0.1) is 0 Å². The van der Waals surface area contributed by atoms with Gasteiger partial charge in [0, 0.05) is 13.1 Å². The van der Waals surface area contributed by atoms with Gasteiger partial charge in [-0.25, -0.2) is 8.42 Å². The highest BCUT2D eigenvalue weighted by atomic mass is 79.9. The molecule has 1 aromatic rings. The molecule has 1 heterocycles. The lowest BCUT2D eigenvalue weighted by molar-refractivity contribution is 0.0126. The van der Waals surface area contributed by atoms with E-state index in [0.29, 0.717) is 36.2 Å². The van der Waals surface area contributed by atoms with Crippen molar-refractivity contribution in [1.29, 1.82) is 0 Å². The van der Waals surface area contributed by atoms with Crippen LogP contribution in [-0.4, -0.2) is 43.6 Å². The van der Waals surface area contributed by atoms with Gasteiger partial charge in [-0.3, -0.25) is 0 Å². The Labute approximate surface area is 127 Å². The van der Waals surface area contributed by atoms with E-state index in [9.17, 15) is 13.5 Å². The molecule has 2 rings (SSSR count). The number of halogens is 1. The number of hydrogen-bond acceptors (Lipinski definition) is 4. The van der Waals surface area contributed by atoms with Gasteiger partial charge in [0.05, 0.1) is 22.1 Å². The molecule has 0 atom stereocenters. The third-order valence-electron chi connectivity index (χ3n) is 3.56. The summed E-state index contributed by atoms with van der Waals surface area (Å²) >= 11 is 3.29. The molecule has 1 saturated heterocycles. The van der Waals surface area contributed by atoms with E-state index in [-0.39, 0.29) is 4.90 Å². The number of nitrogens with zero attached hydrogens (tertiary/aromatic N) is 1. The van der Waals surface area contributed by atoms with E-state index in [1.165, 1.54) is 17.5 Å². The molecule has 1 aliphatic rings. The molecule has 112 valence electrons. The van der Waals surface area contributed by atoms with Crippen LogP contribution in [0.1, 0.15) is 19.8 Å². The van der Waals surface area contributed by atoms with Gasteiger partial charge in [0.15, 0.2) is 0 Å². The summed E-state index contributed by atoms with van der Waals surface area (Å²) in [6.07, 6.45) is 0.896. The van der Waals surface area contributed by atoms with Crippen LogP contribution in [0.4, 0.5) is 0 Å². The van der Waals surface area contributed by atoms with E-state index in [4.69, 9.17) is 4.74 Å². The highest BCUT2D eigenvalue weighted by molar-refractivity contribution is 9.10. The monoisotopic (exact) mass is 363 g/mol. The second-order valence-corrected chi connectivity index (χ2v) is 7.99. The first-order chi connectivity index (χ1) is 9.26. The summed E-state index contributed by atoms with van der Waals surface area (Å²) in [6.45, 7) is 2.40. The van der Waals surface area contributed by atoms with Crippen molar-refractivity contribution in [3.63, 3.8) is 0 Å². The molecule has 0 radical (unpaired) electrons. The van der Waals surface area contributed by atoms with Crippen LogP contribution in [0.2, 0.25) is 0 Å². The van der Waals surface area contributed by atoms with Crippen molar-refractivity contribution in [2.75, 3.05) is 20.2 Å². The molecule has 20 heavy (non-hydrogen) atoms. The van der Waals surface area contributed by atoms with Gasteiger partial charge in [-0.1, -0.05) is 0 Å². The number of ether oxygens (including phenoxy) is 1. The van der Waals surface area contributed by atoms with Crippen molar-refractivity contribution in [2.45, 2.75) is 30.3 Å². The van der Waals surface area contributed by atoms with Gasteiger partial charge in [-0.2, -0.15) is 4.31 Å². The zero-order valence-electron chi connectivity index (χ0n) is 11.5. The van der Waals surface area contributed by atoms with Crippen molar-refractivity contribution in [2.24, 2.45) is 0 Å². The highest BCUT2D eigenvalue weighted by Crippen LogP contribution is 2.31. The van der Waals surface area contributed by atoms with Crippen LogP contribution in [0.5, 0.6) is 5.75 Å². The Morgan fingerprint density at radius 1 is 1.35 bits per heavy atom. The molecular weight excluding hydrogens is 346 g/mol. The second kappa shape index (κ2) is 5.63. The van der Waals surface area contributed by atoms with Crippen LogP contribution in [0.15, 0.2) is 27.6 Å². The number of sulfonamides is 1. The molecule has 0 bridgehead atoms. The Balaban J connectivity index is 2.25. The van der Waals surface area contributed by atoms with Crippen LogP contribution in [-0.2, 0) is 10.0 Å². The summed E-state index contributed by atoms with van der Waals surface area (Å²) < 4.78 is 32.2. The fraction of sp³-hybridized carbons (Fsp3) is 0.538. The minimum absolute atomic E-state index is 0.228. The number of hydrogen-bond donors (Lipinski definition) is 1. The Kier molecular flexibility index (Phi) is 4.44. The molecule has 1 fully saturated rings. The van der Waals surface area contributed by atoms with E-state index in [1.54, 1.807) is 19.1 Å². The lowest BCUT2D eigenvalue weighted by Crippen LogP contribution is -2.45. The predicted octanol–water partition coefficient (Wildman–Crippen LogP) is 1.99. The van der Waals surface area contributed by atoms with Gasteiger partial charge in [0.1, 0.15) is 5.75 Å². The van der Waals surface area contributed by atoms with Gasteiger partial charge in [0.25, 0.3) is 0 Å². The second-order valence-electron chi connectivity index (χ2n) is 5.20. The van der Waals surface area contributed by atoms with E-state index >= 15 is 0 Å². The first-order valence-corrected chi connectivity index (χ1v) is 8.56. The van der Waals surface area contributed by atoms with Gasteiger partial charge >= 0.3 is 0 Å². The standard InChI is InChI=1S/C13H18BrNO4S/c1-13(16)5-7-15(8-6-13)20(17,18)10-3-4-12(19-2)11(14)9-10/h3-4,9,16H,5-8H2,1-2H3. The third kappa shape index (κ3) is 3.16. The molecular formula is C13H18BrNO4S. The van der Waals surface area contributed by atoms with Gasteiger partial charge in [-0.05, 0) is 53.9 Å². The number of methoxy groups -OCH3 is 1. The number of aliphatic hydroxyl groups is 1. The Bertz CT molecular complexity index is 590. The van der Waals surface area contributed by atoms with E-state index < -0.39 is 15.6 Å². The van der Waals surface area contributed by atoms with Crippen molar-refractivity contribution >= 4 is 26.0 Å². The highest BCUT2D eigenvalue weighted by Gasteiger charge is 2.34. The molecule has 1 aromatic carbocycles. The average molecular weight is 364 g/mol. The Morgan fingerprint density at radius 2 is 1.95 bits per heavy atom. The zero-order chi connectivity index (χ0) is 15.0. The average Bonchev–Trinajstić information content (AvgIpc) is 2.38. The van der Waals surface area contributed by atoms with Crippen molar-refractivity contribution in [3.05, 3.63) is 22.7 Å². The lowest BCUT2D eigenvalue weighted by atomic mass is 9.95. The molecule has 0 aliphatic carbocycles. The first-order valence-electron chi connectivity index (χ1n) is 6.32. The molecule has 0 aromatic heterocycles. The lowest BCUT2D eigenvalue weighted by Gasteiger charge is -2.35. The Morgan fingerprint density at radius 3 is 2.45 bits per heavy atom. The minimum Gasteiger partial charge on any atom is -0.496 e. The normalized spacial score (nSPS) is 19.8. The maximum atomic E-state index is 12.5. The summed E-state index contributed by atoms with van der Waals surface area (Å²) in [5.74, 6) is 0.588. The zero-order valence-corrected chi connectivity index (χ0v) is 13.9. The SMILES string of the molecule is COc1ccc(S(=O)(=O)N2CCC(C)(O)CC2)cc1Br. The molecule has 0 spiro atoms. The van der Waals surface area contributed by atoms with Crippen LogP contribution in [0.3, 0.4) is 0 Å². The van der Waals surface area contributed by atoms with Crippen LogP contribution >= 0.6 is 15.9 Å². The van der Waals surface area contributed by atoms with Gasteiger partial charge in [-0.15, -0.1) is 0 Å². The van der Waals surface area contributed by atoms with Gasteiger partial charge < -0.3 is 9.84 Å². The van der Waals surface area contributed by atoms with E-state index in [2.05, 4.69) is 15.9 Å². The molecule has 1 aliphatic heterocycles. The minimum atomic E-state index is -3.52. The summed E-state index contributed by atoms with van der Waals surface area (Å²) in [5.41, 5.74) is -0.771. The van der Waals surface area contributed by atoms with Crippen LogP contribution in [0.25, 0.3) is 0 Å². The predicted molar refractivity (Wildman–Crippen MR) is 79.3 cm³/mol. The third-order valence-corrected chi connectivity index (χ3v) is 6.07. The van der Waals surface area contributed by atoms with E-state index in [1.807, 2.05) is 0 Å². The molecule has 0 saturated carbocycles. The summed E-state index contributed by atoms with van der Waals surface area (Å²) in [4.78, 5) is 0.228. The van der Waals surface area contributed by atoms with Gasteiger partial charge in [0.2, 0.25) is 10.0 Å². The molecule has 0 unspecified atom stereocenters. The topological polar surface area (TPSA) is 66.8 Å². The summed E-state index contributed by atoms with van der Waals surface area (Å²) in [6, 6.07) is 4.70. The van der Waals surface area contributed by atoms with Crippen molar-refractivity contribution in [1.82, 2.24) is 4.31 Å². The maximum absolute atomic E-state index is 12.5. The maximum Gasteiger partial charge on any atom is 0.243 e. The smallest absolute Gasteiger partial charge is 0.243 e. The van der Waals surface area contributed by atoms with Crippen molar-refractivity contribution in [3.8, 4) is 5.75 Å². The molecule has 1 N–H and O–H groups in total. The fourth-order valence-electron chi connectivity index (χ4n) is 2.16. The number of rotatable bonds is 3. The quantitative estimate of drug-likeness (QED) is 0.891. The molecule has 7 heteroatoms. The molecule has 0 amide bonds.